The van der Waals surface area contributed by atoms with Crippen molar-refractivity contribution in [1.82, 2.24) is 0 Å². The molecule has 1 aliphatic carbocycles. The predicted octanol–water partition coefficient (Wildman–Crippen LogP) is 1.01. The van der Waals surface area contributed by atoms with Crippen LogP contribution in [0.5, 0.6) is 5.75 Å². The molecular weight excluding hydrogens is 356 g/mol. The summed E-state index contributed by atoms with van der Waals surface area (Å²) in [5.74, 6) is -4.58. The minimum Gasteiger partial charge on any atom is -0.493 e. The van der Waals surface area contributed by atoms with E-state index in [2.05, 4.69) is 4.74 Å². The molecule has 0 aromatic heterocycles. The molecule has 4 rings (SSSR count). The highest BCUT2D eigenvalue weighted by atomic mass is 16.6. The summed E-state index contributed by atoms with van der Waals surface area (Å²) in [6, 6.07) is 5.06. The van der Waals surface area contributed by atoms with Crippen LogP contribution < -0.4 is 4.74 Å². The number of carbonyl (C=O) groups is 5. The minimum atomic E-state index is -0.758. The van der Waals surface area contributed by atoms with Crippen molar-refractivity contribution in [2.45, 2.75) is 31.1 Å². The van der Waals surface area contributed by atoms with Gasteiger partial charge in [0.05, 0.1) is 30.8 Å². The molecule has 3 aliphatic rings. The van der Waals surface area contributed by atoms with Crippen LogP contribution in [0.15, 0.2) is 18.2 Å². The van der Waals surface area contributed by atoms with Gasteiger partial charge in [0.2, 0.25) is 0 Å². The van der Waals surface area contributed by atoms with Crippen molar-refractivity contribution >= 4 is 30.2 Å². The van der Waals surface area contributed by atoms with E-state index in [4.69, 9.17) is 9.47 Å². The van der Waals surface area contributed by atoms with Crippen molar-refractivity contribution in [2.75, 3.05) is 6.61 Å². The van der Waals surface area contributed by atoms with Gasteiger partial charge in [-0.1, -0.05) is 6.07 Å². The van der Waals surface area contributed by atoms with Crippen molar-refractivity contribution in [3.8, 4) is 5.75 Å². The molecule has 8 heteroatoms. The Morgan fingerprint density at radius 2 is 1.74 bits per heavy atom. The van der Waals surface area contributed by atoms with E-state index in [1.165, 1.54) is 0 Å². The zero-order valence-corrected chi connectivity index (χ0v) is 14.2. The van der Waals surface area contributed by atoms with E-state index in [1.807, 2.05) is 0 Å². The molecule has 0 saturated carbocycles. The fourth-order valence-electron chi connectivity index (χ4n) is 4.17. The highest BCUT2D eigenvalue weighted by molar-refractivity contribution is 6.01. The average molecular weight is 372 g/mol. The first-order chi connectivity index (χ1) is 13.0. The second-order valence-electron chi connectivity index (χ2n) is 6.86. The van der Waals surface area contributed by atoms with E-state index in [0.29, 0.717) is 16.9 Å². The molecule has 0 N–H and O–H groups in total. The molecule has 4 atom stereocenters. The minimum absolute atomic E-state index is 0.0547. The van der Waals surface area contributed by atoms with Crippen molar-refractivity contribution in [3.05, 3.63) is 29.3 Å². The normalized spacial score (nSPS) is 29.0. The van der Waals surface area contributed by atoms with E-state index < -0.39 is 47.5 Å². The molecule has 8 nitrogen and oxygen atoms in total. The summed E-state index contributed by atoms with van der Waals surface area (Å²) in [7, 11) is 0. The largest absolute Gasteiger partial charge is 0.493 e. The molecule has 1 aromatic carbocycles. The number of carbonyl (C=O) groups excluding carboxylic acids is 5. The van der Waals surface area contributed by atoms with Crippen molar-refractivity contribution in [2.24, 2.45) is 11.8 Å². The number of ether oxygens (including phenoxy) is 3. The topological polar surface area (TPSA) is 113 Å². The zero-order valence-electron chi connectivity index (χ0n) is 14.2. The molecule has 2 saturated heterocycles. The first kappa shape index (κ1) is 17.4. The Morgan fingerprint density at radius 3 is 2.44 bits per heavy atom. The molecule has 4 unspecified atom stereocenters. The predicted molar refractivity (Wildman–Crippen MR) is 86.5 cm³/mol. The second kappa shape index (κ2) is 6.61. The maximum absolute atomic E-state index is 12.2. The van der Waals surface area contributed by atoms with Crippen molar-refractivity contribution in [3.63, 3.8) is 0 Å². The first-order valence-corrected chi connectivity index (χ1v) is 8.70. The fraction of sp³-hybridized carbons (Fsp3) is 0.421. The molecule has 0 radical (unpaired) electrons. The number of fused-ring (bicyclic) bond motifs is 3. The second-order valence-corrected chi connectivity index (χ2v) is 6.86. The number of hydrogen-bond donors (Lipinski definition) is 0. The summed E-state index contributed by atoms with van der Waals surface area (Å²) in [6.45, 7) is 0.187. The van der Waals surface area contributed by atoms with Gasteiger partial charge in [-0.3, -0.25) is 19.2 Å². The zero-order chi connectivity index (χ0) is 19.1. The van der Waals surface area contributed by atoms with E-state index in [9.17, 15) is 24.0 Å². The van der Waals surface area contributed by atoms with Gasteiger partial charge in [0.15, 0.2) is 0 Å². The van der Waals surface area contributed by atoms with Gasteiger partial charge >= 0.3 is 23.9 Å². The average Bonchev–Trinajstić information content (AvgIpc) is 3.12. The van der Waals surface area contributed by atoms with Crippen LogP contribution in [-0.2, 0) is 33.4 Å². The third kappa shape index (κ3) is 2.90. The smallest absolute Gasteiger partial charge is 0.321 e. The highest BCUT2D eigenvalue weighted by Crippen LogP contribution is 2.51. The Hall–Kier alpha value is -3.03. The third-order valence-corrected chi connectivity index (χ3v) is 5.35. The lowest BCUT2D eigenvalue weighted by molar-refractivity contribution is -0.155. The first-order valence-electron chi connectivity index (χ1n) is 8.70. The molecule has 140 valence electrons. The van der Waals surface area contributed by atoms with Gasteiger partial charge in [-0.15, -0.1) is 0 Å². The summed E-state index contributed by atoms with van der Waals surface area (Å²) in [6.07, 6.45) is 1.14. The monoisotopic (exact) mass is 372 g/mol. The fourth-order valence-corrected chi connectivity index (χ4v) is 4.17. The Kier molecular flexibility index (Phi) is 4.25. The van der Waals surface area contributed by atoms with Gasteiger partial charge in [-0.2, -0.15) is 0 Å². The maximum atomic E-state index is 12.2. The van der Waals surface area contributed by atoms with Crippen LogP contribution in [0.2, 0.25) is 0 Å². The molecule has 0 amide bonds. The molecule has 1 aromatic rings. The molecule has 27 heavy (non-hydrogen) atoms. The molecular formula is C19H16O8. The molecule has 0 bridgehead atoms. The third-order valence-electron chi connectivity index (χ3n) is 5.35. The Morgan fingerprint density at radius 1 is 0.963 bits per heavy atom. The quantitative estimate of drug-likeness (QED) is 0.326. The highest BCUT2D eigenvalue weighted by Gasteiger charge is 2.53. The molecule has 0 spiro atoms. The SMILES string of the molecule is O=CCCOc1ccc2c(c1)C1C(=O)OC(=O)C1CC2C1CC(=O)OC1=O. The maximum Gasteiger partial charge on any atom is 0.321 e. The van der Waals surface area contributed by atoms with Crippen molar-refractivity contribution < 1.29 is 38.2 Å². The van der Waals surface area contributed by atoms with Gasteiger partial charge in [0.1, 0.15) is 12.0 Å². The summed E-state index contributed by atoms with van der Waals surface area (Å²) >= 11 is 0. The molecule has 2 heterocycles. The number of rotatable bonds is 5. The van der Waals surface area contributed by atoms with Gasteiger partial charge in [-0.05, 0) is 35.6 Å². The van der Waals surface area contributed by atoms with Crippen molar-refractivity contribution in [1.29, 1.82) is 0 Å². The number of benzene rings is 1. The van der Waals surface area contributed by atoms with Crippen LogP contribution in [0.1, 0.15) is 42.2 Å². The number of cyclic esters (lactones) is 4. The van der Waals surface area contributed by atoms with Crippen LogP contribution in [0.4, 0.5) is 0 Å². The summed E-state index contributed by atoms with van der Waals surface area (Å²) < 4.78 is 15.0. The lowest BCUT2D eigenvalue weighted by Crippen LogP contribution is -2.31. The Bertz CT molecular complexity index is 857. The van der Waals surface area contributed by atoms with Crippen LogP contribution in [-0.4, -0.2) is 36.8 Å². The Labute approximate surface area is 153 Å². The number of hydrogen-bond acceptors (Lipinski definition) is 8. The summed E-state index contributed by atoms with van der Waals surface area (Å²) in [4.78, 5) is 58.4. The van der Waals surface area contributed by atoms with E-state index in [-0.39, 0.29) is 25.9 Å². The summed E-state index contributed by atoms with van der Waals surface area (Å²) in [5.41, 5.74) is 1.27. The number of esters is 4. The van der Waals surface area contributed by atoms with Crippen LogP contribution in [0, 0.1) is 11.8 Å². The van der Waals surface area contributed by atoms with Crippen LogP contribution in [0.25, 0.3) is 0 Å². The van der Waals surface area contributed by atoms with Gasteiger partial charge in [0, 0.05) is 6.42 Å². The van der Waals surface area contributed by atoms with E-state index in [1.54, 1.807) is 18.2 Å². The van der Waals surface area contributed by atoms with Crippen LogP contribution >= 0.6 is 0 Å². The standard InChI is InChI=1S/C19H16O8/c20-4-1-5-25-9-2-3-10-11(13-8-15(21)26-17(13)22)7-14-16(12(10)6-9)19(24)27-18(14)23/h2-4,6,11,13-14,16H,1,5,7-8H2. The van der Waals surface area contributed by atoms with Gasteiger partial charge < -0.3 is 19.0 Å². The molecule has 2 fully saturated rings. The molecule has 2 aliphatic heterocycles. The van der Waals surface area contributed by atoms with Gasteiger partial charge in [-0.25, -0.2) is 0 Å². The van der Waals surface area contributed by atoms with E-state index in [0.717, 1.165) is 6.29 Å². The summed E-state index contributed by atoms with van der Waals surface area (Å²) in [5, 5.41) is 0. The lowest BCUT2D eigenvalue weighted by Gasteiger charge is -2.33. The Balaban J connectivity index is 1.74. The lowest BCUT2D eigenvalue weighted by atomic mass is 9.67. The van der Waals surface area contributed by atoms with E-state index >= 15 is 0 Å². The number of aldehydes is 1. The van der Waals surface area contributed by atoms with Gasteiger partial charge in [0.25, 0.3) is 0 Å². The van der Waals surface area contributed by atoms with Crippen LogP contribution in [0.3, 0.4) is 0 Å².